The van der Waals surface area contributed by atoms with Gasteiger partial charge in [0.2, 0.25) is 0 Å². The van der Waals surface area contributed by atoms with E-state index in [1.54, 1.807) is 42.5 Å². The summed E-state index contributed by atoms with van der Waals surface area (Å²) in [5, 5.41) is 14.6. The number of rotatable bonds is 6. The Labute approximate surface area is 132 Å². The van der Waals surface area contributed by atoms with E-state index in [-0.39, 0.29) is 12.3 Å². The lowest BCUT2D eigenvalue weighted by molar-refractivity contribution is -0.385. The summed E-state index contributed by atoms with van der Waals surface area (Å²) in [7, 11) is 1.32. The maximum Gasteiger partial charge on any atom is 0.337 e. The maximum atomic E-state index is 11.3. The topological polar surface area (TPSA) is 91.0 Å². The predicted molar refractivity (Wildman–Crippen MR) is 83.3 cm³/mol. The van der Waals surface area contributed by atoms with Crippen LogP contribution in [0.4, 0.5) is 5.69 Å². The molecule has 0 unspecified atom stereocenters. The molecule has 0 saturated carbocycles. The van der Waals surface area contributed by atoms with Crippen molar-refractivity contribution in [1.82, 2.24) is 0 Å². The van der Waals surface area contributed by atoms with Crippen molar-refractivity contribution in [2.24, 2.45) is 5.16 Å². The lowest BCUT2D eigenvalue weighted by Crippen LogP contribution is -2.01. The number of nitro benzene ring substituents is 1. The first kappa shape index (κ1) is 16.2. The molecule has 0 spiro atoms. The van der Waals surface area contributed by atoms with E-state index in [0.717, 1.165) is 5.56 Å². The monoisotopic (exact) mass is 314 g/mol. The van der Waals surface area contributed by atoms with Crippen molar-refractivity contribution in [2.45, 2.75) is 6.61 Å². The summed E-state index contributed by atoms with van der Waals surface area (Å²) in [5.74, 6) is -0.410. The molecule has 0 amide bonds. The Morgan fingerprint density at radius 1 is 1.22 bits per heavy atom. The molecule has 0 aliphatic rings. The fourth-order valence-corrected chi connectivity index (χ4v) is 1.82. The molecule has 0 saturated heterocycles. The molecule has 0 N–H and O–H groups in total. The highest BCUT2D eigenvalue weighted by atomic mass is 16.6. The van der Waals surface area contributed by atoms with E-state index in [2.05, 4.69) is 9.89 Å². The molecule has 7 nitrogen and oxygen atoms in total. The van der Waals surface area contributed by atoms with E-state index >= 15 is 0 Å². The summed E-state index contributed by atoms with van der Waals surface area (Å²) in [6.45, 7) is 0.179. The Hall–Kier alpha value is -3.22. The van der Waals surface area contributed by atoms with Crippen LogP contribution in [-0.4, -0.2) is 24.2 Å². The van der Waals surface area contributed by atoms with E-state index in [1.807, 2.05) is 0 Å². The minimum atomic E-state index is -0.479. The van der Waals surface area contributed by atoms with Gasteiger partial charge in [-0.15, -0.1) is 0 Å². The van der Waals surface area contributed by atoms with Crippen molar-refractivity contribution in [2.75, 3.05) is 7.11 Å². The largest absolute Gasteiger partial charge is 0.465 e. The molecule has 0 fully saturated rings. The second-order valence-corrected chi connectivity index (χ2v) is 4.51. The van der Waals surface area contributed by atoms with E-state index in [1.165, 1.54) is 19.4 Å². The van der Waals surface area contributed by atoms with Crippen LogP contribution in [0.15, 0.2) is 53.7 Å². The summed E-state index contributed by atoms with van der Waals surface area (Å²) in [6, 6.07) is 12.9. The Morgan fingerprint density at radius 2 is 1.91 bits per heavy atom. The molecule has 0 heterocycles. The molecule has 118 valence electrons. The average molecular weight is 314 g/mol. The molecule has 23 heavy (non-hydrogen) atoms. The molecule has 0 aromatic heterocycles. The number of nitro groups is 1. The van der Waals surface area contributed by atoms with Gasteiger partial charge in [0.15, 0.2) is 0 Å². The molecule has 0 aliphatic heterocycles. The van der Waals surface area contributed by atoms with Gasteiger partial charge in [-0.2, -0.15) is 0 Å². The number of para-hydroxylation sites is 1. The van der Waals surface area contributed by atoms with Crippen LogP contribution in [0.5, 0.6) is 0 Å². The zero-order chi connectivity index (χ0) is 16.7. The fraction of sp³-hybridized carbons (Fsp3) is 0.125. The highest BCUT2D eigenvalue weighted by Gasteiger charge is 2.10. The number of ether oxygens (including phenoxy) is 1. The molecule has 2 rings (SSSR count). The summed E-state index contributed by atoms with van der Waals surface area (Å²) in [4.78, 5) is 26.8. The summed E-state index contributed by atoms with van der Waals surface area (Å²) in [6.07, 6.45) is 1.29. The fourth-order valence-electron chi connectivity index (χ4n) is 1.82. The van der Waals surface area contributed by atoms with Crippen LogP contribution in [0.25, 0.3) is 0 Å². The van der Waals surface area contributed by atoms with Crippen LogP contribution in [0.3, 0.4) is 0 Å². The zero-order valence-corrected chi connectivity index (χ0v) is 12.3. The van der Waals surface area contributed by atoms with E-state index in [0.29, 0.717) is 11.1 Å². The lowest BCUT2D eigenvalue weighted by atomic mass is 10.1. The number of nitrogens with zero attached hydrogens (tertiary/aromatic N) is 2. The molecular weight excluding hydrogens is 300 g/mol. The van der Waals surface area contributed by atoms with Gasteiger partial charge in [0.05, 0.1) is 29.4 Å². The number of oxime groups is 1. The SMILES string of the molecule is COC(=O)c1ccc(CON=Cc2ccccc2[N+](=O)[O-])cc1. The minimum Gasteiger partial charge on any atom is -0.465 e. The molecule has 0 radical (unpaired) electrons. The minimum absolute atomic E-state index is 0.0396. The average Bonchev–Trinajstić information content (AvgIpc) is 2.58. The Morgan fingerprint density at radius 3 is 2.57 bits per heavy atom. The highest BCUT2D eigenvalue weighted by Crippen LogP contribution is 2.15. The van der Waals surface area contributed by atoms with Crippen molar-refractivity contribution in [1.29, 1.82) is 0 Å². The Kier molecular flexibility index (Phi) is 5.40. The lowest BCUT2D eigenvalue weighted by Gasteiger charge is -2.02. The van der Waals surface area contributed by atoms with Crippen LogP contribution in [0, 0.1) is 10.1 Å². The van der Waals surface area contributed by atoms with Gasteiger partial charge in [-0.25, -0.2) is 4.79 Å². The summed E-state index contributed by atoms with van der Waals surface area (Å²) < 4.78 is 4.61. The number of hydrogen-bond donors (Lipinski definition) is 0. The van der Waals surface area contributed by atoms with Crippen molar-refractivity contribution >= 4 is 17.9 Å². The van der Waals surface area contributed by atoms with Crippen molar-refractivity contribution in [3.63, 3.8) is 0 Å². The number of benzene rings is 2. The smallest absolute Gasteiger partial charge is 0.337 e. The third-order valence-corrected chi connectivity index (χ3v) is 3.01. The third kappa shape index (κ3) is 4.37. The van der Waals surface area contributed by atoms with Gasteiger partial charge in [-0.05, 0) is 23.8 Å². The first-order valence-electron chi connectivity index (χ1n) is 6.68. The zero-order valence-electron chi connectivity index (χ0n) is 12.3. The third-order valence-electron chi connectivity index (χ3n) is 3.01. The Bertz CT molecular complexity index is 726. The molecule has 2 aromatic rings. The second-order valence-electron chi connectivity index (χ2n) is 4.51. The molecule has 0 bridgehead atoms. The molecule has 7 heteroatoms. The van der Waals surface area contributed by atoms with Crippen LogP contribution < -0.4 is 0 Å². The predicted octanol–water partition coefficient (Wildman–Crippen LogP) is 2.93. The Balaban J connectivity index is 1.95. The van der Waals surface area contributed by atoms with Crippen LogP contribution in [0.1, 0.15) is 21.5 Å². The number of carbonyl (C=O) groups is 1. The number of hydrogen-bond acceptors (Lipinski definition) is 6. The van der Waals surface area contributed by atoms with Crippen LogP contribution >= 0.6 is 0 Å². The van der Waals surface area contributed by atoms with Crippen LogP contribution in [-0.2, 0) is 16.2 Å². The van der Waals surface area contributed by atoms with Gasteiger partial charge in [0.25, 0.3) is 5.69 Å². The van der Waals surface area contributed by atoms with Gasteiger partial charge in [-0.1, -0.05) is 29.4 Å². The van der Waals surface area contributed by atoms with E-state index < -0.39 is 10.9 Å². The first-order chi connectivity index (χ1) is 11.1. The number of carbonyl (C=O) groups excluding carboxylic acids is 1. The summed E-state index contributed by atoms with van der Waals surface area (Å²) in [5.41, 5.74) is 1.57. The van der Waals surface area contributed by atoms with Gasteiger partial charge < -0.3 is 9.57 Å². The molecule has 2 aromatic carbocycles. The standard InChI is InChI=1S/C16H14N2O5/c1-22-16(19)13-8-6-12(7-9-13)11-23-17-10-14-4-2-3-5-15(14)18(20)21/h2-10H,11H2,1H3. The van der Waals surface area contributed by atoms with E-state index in [9.17, 15) is 14.9 Å². The second kappa shape index (κ2) is 7.69. The molecule has 0 atom stereocenters. The molecule has 0 aliphatic carbocycles. The maximum absolute atomic E-state index is 11.3. The van der Waals surface area contributed by atoms with Gasteiger partial charge >= 0.3 is 5.97 Å². The van der Waals surface area contributed by atoms with E-state index in [4.69, 9.17) is 4.84 Å². The number of methoxy groups -OCH3 is 1. The van der Waals surface area contributed by atoms with Crippen LogP contribution in [0.2, 0.25) is 0 Å². The van der Waals surface area contributed by atoms with Gasteiger partial charge in [0, 0.05) is 6.07 Å². The van der Waals surface area contributed by atoms with Crippen molar-refractivity contribution in [3.05, 3.63) is 75.3 Å². The van der Waals surface area contributed by atoms with Gasteiger partial charge in [0.1, 0.15) is 6.61 Å². The quantitative estimate of drug-likeness (QED) is 0.354. The first-order valence-corrected chi connectivity index (χ1v) is 6.68. The van der Waals surface area contributed by atoms with Crippen molar-refractivity contribution in [3.8, 4) is 0 Å². The normalized spacial score (nSPS) is 10.5. The number of esters is 1. The summed E-state index contributed by atoms with van der Waals surface area (Å²) >= 11 is 0. The van der Waals surface area contributed by atoms with Crippen molar-refractivity contribution < 1.29 is 19.3 Å². The molecular formula is C16H14N2O5. The van der Waals surface area contributed by atoms with Gasteiger partial charge in [-0.3, -0.25) is 10.1 Å². The highest BCUT2D eigenvalue weighted by molar-refractivity contribution is 5.89.